The molecule has 0 aromatic heterocycles. The summed E-state index contributed by atoms with van der Waals surface area (Å²) < 4.78 is 10.1. The van der Waals surface area contributed by atoms with E-state index >= 15 is 0 Å². The second kappa shape index (κ2) is 7.81. The van der Waals surface area contributed by atoms with E-state index in [4.69, 9.17) is 9.47 Å². The molecular formula is C17H22O4. The molecule has 0 spiro atoms. The van der Waals surface area contributed by atoms with E-state index in [0.717, 1.165) is 12.8 Å². The summed E-state index contributed by atoms with van der Waals surface area (Å²) >= 11 is 0. The van der Waals surface area contributed by atoms with Crippen LogP contribution < -0.4 is 0 Å². The van der Waals surface area contributed by atoms with Crippen LogP contribution in [0.15, 0.2) is 30.3 Å². The van der Waals surface area contributed by atoms with Crippen LogP contribution in [0.5, 0.6) is 0 Å². The van der Waals surface area contributed by atoms with E-state index in [-0.39, 0.29) is 5.97 Å². The number of ether oxygens (including phenoxy) is 2. The van der Waals surface area contributed by atoms with E-state index in [1.165, 1.54) is 26.4 Å². The standard InChI is InChI=1S/C17H22O4/c1-20-17(19)16(14-10-6-3-7-11-14)21-15(18)12-13-8-4-2-5-9-13/h3,6-7,10-11,13,16H,2,4-5,8-9,12H2,1H3/t16-/m1/s1. The summed E-state index contributed by atoms with van der Waals surface area (Å²) in [5.41, 5.74) is 0.640. The van der Waals surface area contributed by atoms with E-state index in [1.807, 2.05) is 6.07 Å². The molecule has 0 bridgehead atoms. The van der Waals surface area contributed by atoms with Gasteiger partial charge in [-0.1, -0.05) is 49.6 Å². The zero-order valence-electron chi connectivity index (χ0n) is 12.4. The molecule has 1 atom stereocenters. The summed E-state index contributed by atoms with van der Waals surface area (Å²) in [6.07, 6.45) is 5.17. The van der Waals surface area contributed by atoms with Crippen LogP contribution in [-0.4, -0.2) is 19.0 Å². The summed E-state index contributed by atoms with van der Waals surface area (Å²) in [5, 5.41) is 0. The fraction of sp³-hybridized carbons (Fsp3) is 0.529. The average molecular weight is 290 g/mol. The fourth-order valence-corrected chi connectivity index (χ4v) is 2.79. The fourth-order valence-electron chi connectivity index (χ4n) is 2.79. The summed E-state index contributed by atoms with van der Waals surface area (Å²) in [7, 11) is 1.30. The normalized spacial score (nSPS) is 17.0. The third-order valence-electron chi connectivity index (χ3n) is 3.95. The van der Waals surface area contributed by atoms with Crippen LogP contribution >= 0.6 is 0 Å². The van der Waals surface area contributed by atoms with Crippen LogP contribution in [0.3, 0.4) is 0 Å². The lowest BCUT2D eigenvalue weighted by Crippen LogP contribution is -2.23. The topological polar surface area (TPSA) is 52.6 Å². The highest BCUT2D eigenvalue weighted by Gasteiger charge is 2.27. The Labute approximate surface area is 125 Å². The van der Waals surface area contributed by atoms with Gasteiger partial charge in [0, 0.05) is 12.0 Å². The average Bonchev–Trinajstić information content (AvgIpc) is 2.53. The zero-order chi connectivity index (χ0) is 15.1. The minimum atomic E-state index is -0.965. The van der Waals surface area contributed by atoms with Gasteiger partial charge in [0.05, 0.1) is 7.11 Å². The molecule has 2 rings (SSSR count). The van der Waals surface area contributed by atoms with Gasteiger partial charge in [0.25, 0.3) is 0 Å². The maximum Gasteiger partial charge on any atom is 0.351 e. The molecule has 4 heteroatoms. The molecule has 0 heterocycles. The highest BCUT2D eigenvalue weighted by atomic mass is 16.6. The quantitative estimate of drug-likeness (QED) is 0.780. The molecule has 1 saturated carbocycles. The van der Waals surface area contributed by atoms with Crippen LogP contribution in [0.1, 0.15) is 50.2 Å². The van der Waals surface area contributed by atoms with Gasteiger partial charge in [0.2, 0.25) is 6.10 Å². The largest absolute Gasteiger partial charge is 0.466 e. The van der Waals surface area contributed by atoms with Gasteiger partial charge in [-0.25, -0.2) is 4.79 Å². The molecule has 114 valence electrons. The van der Waals surface area contributed by atoms with Gasteiger partial charge in [-0.3, -0.25) is 4.79 Å². The minimum Gasteiger partial charge on any atom is -0.466 e. The first-order valence-electron chi connectivity index (χ1n) is 7.53. The molecule has 1 fully saturated rings. The van der Waals surface area contributed by atoms with Gasteiger partial charge in [-0.2, -0.15) is 0 Å². The van der Waals surface area contributed by atoms with Crippen molar-refractivity contribution in [1.82, 2.24) is 0 Å². The van der Waals surface area contributed by atoms with E-state index < -0.39 is 12.1 Å². The van der Waals surface area contributed by atoms with Crippen LogP contribution in [0.2, 0.25) is 0 Å². The first-order chi connectivity index (χ1) is 10.2. The molecule has 1 aliphatic carbocycles. The van der Waals surface area contributed by atoms with Crippen molar-refractivity contribution in [2.45, 2.75) is 44.6 Å². The third-order valence-corrected chi connectivity index (χ3v) is 3.95. The molecule has 1 aromatic carbocycles. The molecule has 21 heavy (non-hydrogen) atoms. The van der Waals surface area contributed by atoms with E-state index in [0.29, 0.717) is 17.9 Å². The highest BCUT2D eigenvalue weighted by molar-refractivity contribution is 5.80. The Balaban J connectivity index is 1.98. The van der Waals surface area contributed by atoms with Gasteiger partial charge in [0.1, 0.15) is 0 Å². The van der Waals surface area contributed by atoms with Crippen LogP contribution in [-0.2, 0) is 19.1 Å². The molecule has 1 aliphatic rings. The van der Waals surface area contributed by atoms with E-state index in [2.05, 4.69) is 0 Å². The first kappa shape index (κ1) is 15.5. The molecule has 0 N–H and O–H groups in total. The van der Waals surface area contributed by atoms with Crippen molar-refractivity contribution >= 4 is 11.9 Å². The molecule has 0 radical (unpaired) electrons. The number of benzene rings is 1. The molecule has 0 unspecified atom stereocenters. The first-order valence-corrected chi connectivity index (χ1v) is 7.53. The van der Waals surface area contributed by atoms with Gasteiger partial charge >= 0.3 is 11.9 Å². The monoisotopic (exact) mass is 290 g/mol. The van der Waals surface area contributed by atoms with Crippen molar-refractivity contribution in [2.24, 2.45) is 5.92 Å². The van der Waals surface area contributed by atoms with Crippen molar-refractivity contribution in [1.29, 1.82) is 0 Å². The Morgan fingerprint density at radius 2 is 1.81 bits per heavy atom. The lowest BCUT2D eigenvalue weighted by molar-refractivity contribution is -0.167. The second-order valence-corrected chi connectivity index (χ2v) is 5.51. The number of methoxy groups -OCH3 is 1. The third kappa shape index (κ3) is 4.59. The molecule has 4 nitrogen and oxygen atoms in total. The van der Waals surface area contributed by atoms with Gasteiger partial charge in [0.15, 0.2) is 0 Å². The Morgan fingerprint density at radius 3 is 2.43 bits per heavy atom. The smallest absolute Gasteiger partial charge is 0.351 e. The molecule has 0 saturated heterocycles. The van der Waals surface area contributed by atoms with Crippen LogP contribution in [0, 0.1) is 5.92 Å². The lowest BCUT2D eigenvalue weighted by Gasteiger charge is -2.22. The van der Waals surface area contributed by atoms with Crippen molar-refractivity contribution < 1.29 is 19.1 Å². The van der Waals surface area contributed by atoms with Crippen molar-refractivity contribution in [3.8, 4) is 0 Å². The van der Waals surface area contributed by atoms with Crippen LogP contribution in [0.4, 0.5) is 0 Å². The summed E-state index contributed by atoms with van der Waals surface area (Å²) in [5.74, 6) is -0.473. The summed E-state index contributed by atoms with van der Waals surface area (Å²) in [6.45, 7) is 0. The zero-order valence-corrected chi connectivity index (χ0v) is 12.4. The Hall–Kier alpha value is -1.84. The number of rotatable bonds is 5. The lowest BCUT2D eigenvalue weighted by atomic mass is 9.87. The van der Waals surface area contributed by atoms with E-state index in [1.54, 1.807) is 24.3 Å². The number of hydrogen-bond acceptors (Lipinski definition) is 4. The molecular weight excluding hydrogens is 268 g/mol. The summed E-state index contributed by atoms with van der Waals surface area (Å²) in [6, 6.07) is 8.98. The van der Waals surface area contributed by atoms with Gasteiger partial charge < -0.3 is 9.47 Å². The van der Waals surface area contributed by atoms with Crippen molar-refractivity contribution in [2.75, 3.05) is 7.11 Å². The number of hydrogen-bond donors (Lipinski definition) is 0. The summed E-state index contributed by atoms with van der Waals surface area (Å²) in [4.78, 5) is 23.9. The maximum atomic E-state index is 12.1. The number of carbonyl (C=O) groups is 2. The predicted molar refractivity (Wildman–Crippen MR) is 78.5 cm³/mol. The van der Waals surface area contributed by atoms with E-state index in [9.17, 15) is 9.59 Å². The maximum absolute atomic E-state index is 12.1. The predicted octanol–water partition coefficient (Wildman–Crippen LogP) is 3.41. The van der Waals surface area contributed by atoms with Gasteiger partial charge in [-0.05, 0) is 18.8 Å². The SMILES string of the molecule is COC(=O)[C@H](OC(=O)CC1CCCCC1)c1ccccc1. The Morgan fingerprint density at radius 1 is 1.14 bits per heavy atom. The number of carbonyl (C=O) groups excluding carboxylic acids is 2. The Bertz CT molecular complexity index is 463. The second-order valence-electron chi connectivity index (χ2n) is 5.51. The van der Waals surface area contributed by atoms with Gasteiger partial charge in [-0.15, -0.1) is 0 Å². The highest BCUT2D eigenvalue weighted by Crippen LogP contribution is 2.28. The molecule has 1 aromatic rings. The Kier molecular flexibility index (Phi) is 5.78. The molecule has 0 amide bonds. The van der Waals surface area contributed by atoms with Crippen molar-refractivity contribution in [3.63, 3.8) is 0 Å². The minimum absolute atomic E-state index is 0.318. The molecule has 0 aliphatic heterocycles. The number of esters is 2. The van der Waals surface area contributed by atoms with Crippen LogP contribution in [0.25, 0.3) is 0 Å². The van der Waals surface area contributed by atoms with Crippen molar-refractivity contribution in [3.05, 3.63) is 35.9 Å².